The van der Waals surface area contributed by atoms with Crippen LogP contribution in [-0.2, 0) is 4.79 Å². The van der Waals surface area contributed by atoms with Gasteiger partial charge in [-0.25, -0.2) is 0 Å². The van der Waals surface area contributed by atoms with Gasteiger partial charge in [-0.3, -0.25) is 10.1 Å². The van der Waals surface area contributed by atoms with Gasteiger partial charge in [0.15, 0.2) is 0 Å². The first-order valence-electron chi connectivity index (χ1n) is 6.67. The lowest BCUT2D eigenvalue weighted by molar-refractivity contribution is -0.145. The van der Waals surface area contributed by atoms with Crippen molar-refractivity contribution >= 4 is 29.1 Å². The van der Waals surface area contributed by atoms with E-state index in [0.717, 1.165) is 12.2 Å². The number of rotatable bonds is 9. The lowest BCUT2D eigenvalue weighted by Gasteiger charge is -2.31. The molecule has 1 rings (SSSR count). The molecule has 108 valence electrons. The molecule has 1 atom stereocenters. The highest BCUT2D eigenvalue weighted by Crippen LogP contribution is 2.26. The summed E-state index contributed by atoms with van der Waals surface area (Å²) in [6.07, 6.45) is 2.20. The Hall–Kier alpha value is -0.520. The van der Waals surface area contributed by atoms with Crippen LogP contribution in [0.25, 0.3) is 0 Å². The molecule has 0 radical (unpaired) electrons. The summed E-state index contributed by atoms with van der Waals surface area (Å²) in [5, 5.41) is 14.8. The van der Waals surface area contributed by atoms with E-state index in [9.17, 15) is 9.90 Å². The van der Waals surface area contributed by atoms with Gasteiger partial charge in [-0.2, -0.15) is 0 Å². The van der Waals surface area contributed by atoms with Gasteiger partial charge in [0.2, 0.25) is 0 Å². The van der Waals surface area contributed by atoms with Gasteiger partial charge in [-0.1, -0.05) is 13.0 Å². The number of carboxylic acid groups (broad SMARTS) is 1. The summed E-state index contributed by atoms with van der Waals surface area (Å²) in [6, 6.07) is 4.33. The molecule has 0 aliphatic heterocycles. The molecule has 1 aromatic heterocycles. The van der Waals surface area contributed by atoms with Gasteiger partial charge < -0.3 is 5.11 Å². The summed E-state index contributed by atoms with van der Waals surface area (Å²) < 4.78 is 1.30. The highest BCUT2D eigenvalue weighted by molar-refractivity contribution is 8.01. The van der Waals surface area contributed by atoms with Crippen LogP contribution < -0.4 is 5.32 Å². The molecule has 0 amide bonds. The highest BCUT2D eigenvalue weighted by atomic mass is 32.2. The van der Waals surface area contributed by atoms with Crippen molar-refractivity contribution in [3.8, 4) is 0 Å². The Morgan fingerprint density at radius 3 is 2.79 bits per heavy atom. The third-order valence-electron chi connectivity index (χ3n) is 3.07. The van der Waals surface area contributed by atoms with Gasteiger partial charge >= 0.3 is 5.97 Å². The maximum atomic E-state index is 11.5. The molecule has 3 nitrogen and oxygen atoms in total. The minimum absolute atomic E-state index is 0.181. The van der Waals surface area contributed by atoms with Gasteiger partial charge in [0.1, 0.15) is 5.54 Å². The zero-order valence-corrected chi connectivity index (χ0v) is 13.4. The predicted molar refractivity (Wildman–Crippen MR) is 83.2 cm³/mol. The summed E-state index contributed by atoms with van der Waals surface area (Å²) >= 11 is 3.54. The van der Waals surface area contributed by atoms with Crippen molar-refractivity contribution in [1.82, 2.24) is 5.32 Å². The Morgan fingerprint density at radius 1 is 1.58 bits per heavy atom. The molecule has 0 saturated carbocycles. The summed E-state index contributed by atoms with van der Waals surface area (Å²) in [6.45, 7) is 5.93. The van der Waals surface area contributed by atoms with Crippen LogP contribution >= 0.6 is 23.1 Å². The zero-order chi connectivity index (χ0) is 14.3. The average Bonchev–Trinajstić information content (AvgIpc) is 2.85. The fraction of sp³-hybridized carbons (Fsp3) is 0.643. The topological polar surface area (TPSA) is 49.3 Å². The third kappa shape index (κ3) is 5.16. The van der Waals surface area contributed by atoms with Crippen molar-refractivity contribution in [2.75, 3.05) is 5.75 Å². The summed E-state index contributed by atoms with van der Waals surface area (Å²) in [7, 11) is 0. The molecule has 0 aromatic carbocycles. The van der Waals surface area contributed by atoms with E-state index in [1.807, 2.05) is 26.8 Å². The highest BCUT2D eigenvalue weighted by Gasteiger charge is 2.36. The average molecular weight is 301 g/mol. The van der Waals surface area contributed by atoms with Crippen LogP contribution in [0.15, 0.2) is 21.7 Å². The van der Waals surface area contributed by atoms with E-state index in [0.29, 0.717) is 12.8 Å². The summed E-state index contributed by atoms with van der Waals surface area (Å²) in [5.41, 5.74) is -0.774. The van der Waals surface area contributed by atoms with Crippen LogP contribution in [0.5, 0.6) is 0 Å². The number of aliphatic carboxylic acids is 1. The molecule has 1 aromatic rings. The zero-order valence-electron chi connectivity index (χ0n) is 11.8. The van der Waals surface area contributed by atoms with Crippen LogP contribution in [0, 0.1) is 0 Å². The second-order valence-corrected chi connectivity index (χ2v) is 7.27. The number of hydrogen-bond donors (Lipinski definition) is 2. The van der Waals surface area contributed by atoms with Crippen LogP contribution in [0.2, 0.25) is 0 Å². The van der Waals surface area contributed by atoms with E-state index in [2.05, 4.69) is 16.8 Å². The smallest absolute Gasteiger partial charge is 0.323 e. The third-order valence-corrected chi connectivity index (χ3v) is 5.28. The number of nitrogens with one attached hydrogen (secondary N) is 1. The molecular weight excluding hydrogens is 278 g/mol. The SMILES string of the molecule is CCC(CCCSc1cccs1)(NC(C)C)C(=O)O. The quantitative estimate of drug-likeness (QED) is 0.537. The number of thioether (sulfide) groups is 1. The van der Waals surface area contributed by atoms with Crippen molar-refractivity contribution in [2.24, 2.45) is 0 Å². The van der Waals surface area contributed by atoms with E-state index in [1.54, 1.807) is 23.1 Å². The maximum absolute atomic E-state index is 11.5. The molecule has 5 heteroatoms. The molecule has 2 N–H and O–H groups in total. The predicted octanol–water partition coefficient (Wildman–Crippen LogP) is 3.85. The first-order valence-corrected chi connectivity index (χ1v) is 8.54. The van der Waals surface area contributed by atoms with Crippen molar-refractivity contribution in [2.45, 2.75) is 55.8 Å². The van der Waals surface area contributed by atoms with Gasteiger partial charge in [-0.15, -0.1) is 23.1 Å². The van der Waals surface area contributed by atoms with E-state index < -0.39 is 11.5 Å². The minimum Gasteiger partial charge on any atom is -0.480 e. The Morgan fingerprint density at radius 2 is 2.32 bits per heavy atom. The molecule has 19 heavy (non-hydrogen) atoms. The monoisotopic (exact) mass is 301 g/mol. The number of hydrogen-bond acceptors (Lipinski definition) is 4. The van der Waals surface area contributed by atoms with Gasteiger partial charge in [-0.05, 0) is 50.3 Å². The number of carbonyl (C=O) groups is 1. The van der Waals surface area contributed by atoms with Gasteiger partial charge in [0.05, 0.1) is 4.21 Å². The van der Waals surface area contributed by atoms with Gasteiger partial charge in [0.25, 0.3) is 0 Å². The summed E-state index contributed by atoms with van der Waals surface area (Å²) in [5.74, 6) is 0.236. The standard InChI is InChI=1S/C14H23NO2S2/c1-4-14(13(16)17,15-11(2)3)8-6-10-19-12-7-5-9-18-12/h5,7,9,11,15H,4,6,8,10H2,1-3H3,(H,16,17). The second kappa shape index (κ2) is 7.92. The maximum Gasteiger partial charge on any atom is 0.323 e. The Kier molecular flexibility index (Phi) is 6.89. The van der Waals surface area contributed by atoms with Crippen LogP contribution in [0.3, 0.4) is 0 Å². The molecule has 0 aliphatic rings. The van der Waals surface area contributed by atoms with Crippen molar-refractivity contribution in [1.29, 1.82) is 0 Å². The first-order chi connectivity index (χ1) is 9.00. The molecule has 0 aliphatic carbocycles. The largest absolute Gasteiger partial charge is 0.480 e. The van der Waals surface area contributed by atoms with E-state index in [4.69, 9.17) is 0 Å². The molecule has 0 bridgehead atoms. The lowest BCUT2D eigenvalue weighted by atomic mass is 9.90. The Balaban J connectivity index is 2.46. The number of thiophene rings is 1. The molecule has 1 unspecified atom stereocenters. The fourth-order valence-corrected chi connectivity index (χ4v) is 3.92. The van der Waals surface area contributed by atoms with Gasteiger partial charge in [0, 0.05) is 6.04 Å². The second-order valence-electron chi connectivity index (χ2n) is 4.92. The van der Waals surface area contributed by atoms with Crippen LogP contribution in [0.1, 0.15) is 40.0 Å². The van der Waals surface area contributed by atoms with Crippen LogP contribution in [-0.4, -0.2) is 28.4 Å². The van der Waals surface area contributed by atoms with E-state index >= 15 is 0 Å². The Bertz CT molecular complexity index is 379. The molecule has 0 fully saturated rings. The minimum atomic E-state index is -0.774. The van der Waals surface area contributed by atoms with E-state index in [-0.39, 0.29) is 6.04 Å². The fourth-order valence-electron chi connectivity index (χ4n) is 2.12. The molecular formula is C14H23NO2S2. The van der Waals surface area contributed by atoms with Crippen molar-refractivity contribution in [3.05, 3.63) is 17.5 Å². The summed E-state index contributed by atoms with van der Waals surface area (Å²) in [4.78, 5) is 11.5. The van der Waals surface area contributed by atoms with Crippen molar-refractivity contribution < 1.29 is 9.90 Å². The lowest BCUT2D eigenvalue weighted by Crippen LogP contribution is -2.54. The molecule has 0 spiro atoms. The van der Waals surface area contributed by atoms with E-state index in [1.165, 1.54) is 4.21 Å². The van der Waals surface area contributed by atoms with Crippen molar-refractivity contribution in [3.63, 3.8) is 0 Å². The van der Waals surface area contributed by atoms with Crippen LogP contribution in [0.4, 0.5) is 0 Å². The molecule has 1 heterocycles. The normalized spacial score (nSPS) is 14.5. The molecule has 0 saturated heterocycles. The number of carboxylic acids is 1. The first kappa shape index (κ1) is 16.5. The Labute approximate surface area is 123 Å².